The average molecular weight is 307 g/mol. The Morgan fingerprint density at radius 2 is 2.19 bits per heavy atom. The van der Waals surface area contributed by atoms with Crippen LogP contribution in [0.3, 0.4) is 0 Å². The van der Waals surface area contributed by atoms with E-state index in [1.54, 1.807) is 30.3 Å². The highest BCUT2D eigenvalue weighted by Crippen LogP contribution is 2.10. The number of amides is 1. The number of benzene rings is 1. The van der Waals surface area contributed by atoms with Crippen molar-refractivity contribution in [1.82, 2.24) is 15.0 Å². The number of carbonyl (C=O) groups is 1. The van der Waals surface area contributed by atoms with Crippen molar-refractivity contribution in [2.75, 3.05) is 11.3 Å². The van der Waals surface area contributed by atoms with E-state index < -0.39 is 0 Å². The zero-order valence-corrected chi connectivity index (χ0v) is 12.1. The van der Waals surface area contributed by atoms with E-state index in [1.807, 2.05) is 0 Å². The molecule has 1 amide bonds. The van der Waals surface area contributed by atoms with Crippen LogP contribution in [-0.2, 0) is 11.3 Å². The Morgan fingerprint density at radius 3 is 2.90 bits per heavy atom. The van der Waals surface area contributed by atoms with Gasteiger partial charge in [-0.05, 0) is 12.1 Å². The van der Waals surface area contributed by atoms with E-state index in [2.05, 4.69) is 22.4 Å². The Balaban J connectivity index is 2.40. The molecule has 0 saturated carbocycles. The largest absolute Gasteiger partial charge is 0.273 e. The molecule has 0 aliphatic rings. The molecule has 2 aromatic rings. The summed E-state index contributed by atoms with van der Waals surface area (Å²) in [6.07, 6.45) is 1.76. The van der Waals surface area contributed by atoms with Gasteiger partial charge < -0.3 is 0 Å². The van der Waals surface area contributed by atoms with Gasteiger partial charge in [0.25, 0.3) is 5.56 Å². The van der Waals surface area contributed by atoms with Crippen LogP contribution in [0.25, 0.3) is 10.9 Å². The highest BCUT2D eigenvalue weighted by molar-refractivity contribution is 6.18. The predicted octanol–water partition coefficient (Wildman–Crippen LogP) is 1.65. The Morgan fingerprint density at radius 1 is 1.43 bits per heavy atom. The van der Waals surface area contributed by atoms with Gasteiger partial charge in [-0.15, -0.1) is 18.2 Å². The third-order valence-electron chi connectivity index (χ3n) is 2.81. The molecule has 0 radical (unpaired) electrons. The highest BCUT2D eigenvalue weighted by atomic mass is 35.5. The lowest BCUT2D eigenvalue weighted by Gasteiger charge is -2.13. The number of para-hydroxylation sites is 1. The van der Waals surface area contributed by atoms with Crippen LogP contribution in [0.2, 0.25) is 0 Å². The number of allylic oxidation sites excluding steroid dienone is 1. The van der Waals surface area contributed by atoms with Crippen LogP contribution in [0.15, 0.2) is 41.7 Å². The van der Waals surface area contributed by atoms with Crippen molar-refractivity contribution in [1.29, 1.82) is 0 Å². The van der Waals surface area contributed by atoms with Crippen molar-refractivity contribution >= 4 is 34.4 Å². The fourth-order valence-corrected chi connectivity index (χ4v) is 2.01. The smallest absolute Gasteiger partial charge is 0.263 e. The number of aromatic nitrogens is 2. The first-order valence-corrected chi connectivity index (χ1v) is 6.92. The van der Waals surface area contributed by atoms with Crippen molar-refractivity contribution in [2.24, 2.45) is 0 Å². The molecule has 6 nitrogen and oxygen atoms in total. The fourth-order valence-electron chi connectivity index (χ4n) is 1.84. The van der Waals surface area contributed by atoms with E-state index in [9.17, 15) is 9.59 Å². The minimum atomic E-state index is -0.280. The van der Waals surface area contributed by atoms with Gasteiger partial charge in [0, 0.05) is 18.8 Å². The van der Waals surface area contributed by atoms with Crippen LogP contribution in [-0.4, -0.2) is 21.3 Å². The van der Waals surface area contributed by atoms with E-state index in [1.165, 1.54) is 4.57 Å². The number of hydrogen-bond acceptors (Lipinski definition) is 4. The van der Waals surface area contributed by atoms with Gasteiger partial charge in [0.2, 0.25) is 11.9 Å². The molecule has 0 unspecified atom stereocenters. The Hall–Kier alpha value is -2.34. The highest BCUT2D eigenvalue weighted by Gasteiger charge is 2.10. The molecule has 7 heteroatoms. The second kappa shape index (κ2) is 6.90. The summed E-state index contributed by atoms with van der Waals surface area (Å²) in [5.74, 6) is 0.192. The zero-order chi connectivity index (χ0) is 15.2. The van der Waals surface area contributed by atoms with E-state index in [-0.39, 0.29) is 36.3 Å². The average Bonchev–Trinajstić information content (AvgIpc) is 2.49. The lowest BCUT2D eigenvalue weighted by Crippen LogP contribution is -2.34. The quantitative estimate of drug-likeness (QED) is 0.483. The number of hydrazine groups is 1. The minimum absolute atomic E-state index is 0.174. The number of alkyl halides is 1. The molecule has 0 bridgehead atoms. The Labute approximate surface area is 126 Å². The van der Waals surface area contributed by atoms with Gasteiger partial charge in [-0.2, -0.15) is 0 Å². The molecule has 0 aliphatic carbocycles. The molecule has 0 saturated heterocycles. The molecule has 110 valence electrons. The maximum Gasteiger partial charge on any atom is 0.263 e. The fraction of sp³-hybridized carbons (Fsp3) is 0.214. The molecular formula is C14H15ClN4O2. The maximum absolute atomic E-state index is 12.4. The van der Waals surface area contributed by atoms with E-state index in [0.29, 0.717) is 10.9 Å². The lowest BCUT2D eigenvalue weighted by atomic mass is 10.2. The summed E-state index contributed by atoms with van der Waals surface area (Å²) in [5, 5.41) is 0.511. The number of anilines is 1. The minimum Gasteiger partial charge on any atom is -0.273 e. The molecule has 0 spiro atoms. The number of nitrogens with zero attached hydrogens (tertiary/aromatic N) is 2. The summed E-state index contributed by atoms with van der Waals surface area (Å²) < 4.78 is 1.40. The van der Waals surface area contributed by atoms with Crippen LogP contribution < -0.4 is 16.4 Å². The van der Waals surface area contributed by atoms with Crippen molar-refractivity contribution in [3.05, 3.63) is 47.3 Å². The zero-order valence-electron chi connectivity index (χ0n) is 11.3. The molecule has 21 heavy (non-hydrogen) atoms. The van der Waals surface area contributed by atoms with Gasteiger partial charge in [-0.25, -0.2) is 4.98 Å². The van der Waals surface area contributed by atoms with Crippen LogP contribution in [0.4, 0.5) is 5.95 Å². The molecule has 0 aliphatic heterocycles. The summed E-state index contributed by atoms with van der Waals surface area (Å²) in [4.78, 5) is 28.2. The number of carbonyl (C=O) groups excluding carboxylic acids is 1. The van der Waals surface area contributed by atoms with Gasteiger partial charge in [0.05, 0.1) is 10.9 Å². The number of halogens is 1. The molecule has 1 heterocycles. The third-order valence-corrected chi connectivity index (χ3v) is 3.00. The van der Waals surface area contributed by atoms with Crippen molar-refractivity contribution in [3.8, 4) is 0 Å². The van der Waals surface area contributed by atoms with Gasteiger partial charge in [0.1, 0.15) is 0 Å². The van der Waals surface area contributed by atoms with Gasteiger partial charge in [-0.1, -0.05) is 18.2 Å². The molecule has 1 aromatic heterocycles. The van der Waals surface area contributed by atoms with Gasteiger partial charge >= 0.3 is 0 Å². The molecule has 1 aromatic carbocycles. The first kappa shape index (κ1) is 15.1. The topological polar surface area (TPSA) is 76.0 Å². The van der Waals surface area contributed by atoms with Gasteiger partial charge in [-0.3, -0.25) is 25.0 Å². The summed E-state index contributed by atoms with van der Waals surface area (Å²) in [6, 6.07) is 7.02. The normalized spacial score (nSPS) is 10.3. The van der Waals surface area contributed by atoms with Crippen LogP contribution in [0.1, 0.15) is 6.42 Å². The molecular weight excluding hydrogens is 292 g/mol. The van der Waals surface area contributed by atoms with Crippen LogP contribution >= 0.6 is 11.6 Å². The number of nitrogens with one attached hydrogen (secondary N) is 2. The van der Waals surface area contributed by atoms with Crippen LogP contribution in [0.5, 0.6) is 0 Å². The van der Waals surface area contributed by atoms with E-state index >= 15 is 0 Å². The molecule has 0 atom stereocenters. The number of hydrogen-bond donors (Lipinski definition) is 2. The van der Waals surface area contributed by atoms with E-state index in [0.717, 1.165) is 0 Å². The van der Waals surface area contributed by atoms with E-state index in [4.69, 9.17) is 11.6 Å². The standard InChI is InChI=1S/C14H15ClN4O2/c1-2-9-19-13(21)10-5-3-4-6-11(10)16-14(19)18-17-12(20)7-8-15/h2-6H,1,7-9H2,(H,16,18)(H,17,20). The lowest BCUT2D eigenvalue weighted by molar-refractivity contribution is -0.120. The number of fused-ring (bicyclic) bond motifs is 1. The van der Waals surface area contributed by atoms with Crippen molar-refractivity contribution < 1.29 is 4.79 Å². The third kappa shape index (κ3) is 3.41. The number of rotatable bonds is 6. The Kier molecular flexibility index (Phi) is 4.94. The summed E-state index contributed by atoms with van der Waals surface area (Å²) in [6.45, 7) is 3.90. The van der Waals surface area contributed by atoms with Crippen molar-refractivity contribution in [3.63, 3.8) is 0 Å². The second-order valence-corrected chi connectivity index (χ2v) is 4.65. The summed E-state index contributed by atoms with van der Waals surface area (Å²) in [5.41, 5.74) is 5.48. The maximum atomic E-state index is 12.4. The first-order valence-electron chi connectivity index (χ1n) is 6.38. The SMILES string of the molecule is C=CCn1c(NNC(=O)CCCl)nc2ccccc2c1=O. The van der Waals surface area contributed by atoms with Gasteiger partial charge in [0.15, 0.2) is 0 Å². The molecule has 2 rings (SSSR count). The first-order chi connectivity index (χ1) is 10.2. The monoisotopic (exact) mass is 306 g/mol. The predicted molar refractivity (Wildman–Crippen MR) is 83.3 cm³/mol. The van der Waals surface area contributed by atoms with Crippen LogP contribution in [0, 0.1) is 0 Å². The molecule has 2 N–H and O–H groups in total. The van der Waals surface area contributed by atoms with Crippen molar-refractivity contribution in [2.45, 2.75) is 13.0 Å². The summed E-state index contributed by atoms with van der Waals surface area (Å²) in [7, 11) is 0. The molecule has 0 fully saturated rings. The Bertz CT molecular complexity index is 726. The summed E-state index contributed by atoms with van der Waals surface area (Å²) >= 11 is 5.49. The second-order valence-electron chi connectivity index (χ2n) is 4.27.